The molecule has 0 radical (unpaired) electrons. The highest BCUT2D eigenvalue weighted by molar-refractivity contribution is 5.76. The summed E-state index contributed by atoms with van der Waals surface area (Å²) < 4.78 is 18.2. The Morgan fingerprint density at radius 2 is 2.40 bits per heavy atom. The summed E-state index contributed by atoms with van der Waals surface area (Å²) in [5, 5.41) is 9.95. The first-order valence-corrected chi connectivity index (χ1v) is 5.31. The third-order valence-corrected chi connectivity index (χ3v) is 2.54. The Labute approximate surface area is 88.9 Å². The zero-order valence-corrected chi connectivity index (χ0v) is 8.91. The molecule has 0 aromatic rings. The van der Waals surface area contributed by atoms with Gasteiger partial charge in [-0.15, -0.1) is 0 Å². The quantitative estimate of drug-likeness (QED) is 0.577. The van der Waals surface area contributed by atoms with Crippen molar-refractivity contribution in [1.82, 2.24) is 0 Å². The summed E-state index contributed by atoms with van der Waals surface area (Å²) in [6.07, 6.45) is 3.84. The Balaban J connectivity index is 2.69. The molecular formula is C11H17FO3. The Hall–Kier alpha value is -0.900. The van der Waals surface area contributed by atoms with Crippen molar-refractivity contribution in [3.8, 4) is 0 Å². The van der Waals surface area contributed by atoms with Crippen molar-refractivity contribution in [3.63, 3.8) is 0 Å². The number of ether oxygens (including phenoxy) is 1. The molecule has 4 heteroatoms. The van der Waals surface area contributed by atoms with E-state index in [2.05, 4.69) is 4.74 Å². The average Bonchev–Trinajstić information content (AvgIpc) is 2.43. The first kappa shape index (κ1) is 12.2. The lowest BCUT2D eigenvalue weighted by molar-refractivity contribution is -0.157. The molecule has 2 unspecified atom stereocenters. The summed E-state index contributed by atoms with van der Waals surface area (Å²) in [5.74, 6) is -0.980. The van der Waals surface area contributed by atoms with Gasteiger partial charge in [-0.2, -0.15) is 0 Å². The minimum absolute atomic E-state index is 0.124. The number of alkyl halides is 1. The van der Waals surface area contributed by atoms with Crippen molar-refractivity contribution in [1.29, 1.82) is 0 Å². The number of allylic oxidation sites excluding steroid dienone is 1. The van der Waals surface area contributed by atoms with Gasteiger partial charge in [-0.1, -0.05) is 12.2 Å². The van der Waals surface area contributed by atoms with E-state index in [9.17, 15) is 14.3 Å². The molecule has 0 amide bonds. The molecule has 3 nitrogen and oxygen atoms in total. The third kappa shape index (κ3) is 3.02. The van der Waals surface area contributed by atoms with Crippen molar-refractivity contribution < 1.29 is 19.0 Å². The summed E-state index contributed by atoms with van der Waals surface area (Å²) in [5.41, 5.74) is -1.68. The molecule has 0 aromatic carbocycles. The van der Waals surface area contributed by atoms with E-state index < -0.39 is 17.7 Å². The van der Waals surface area contributed by atoms with Crippen molar-refractivity contribution in [2.45, 2.75) is 44.4 Å². The molecule has 1 rings (SSSR count). The van der Waals surface area contributed by atoms with Crippen LogP contribution in [0.2, 0.25) is 0 Å². The van der Waals surface area contributed by atoms with Gasteiger partial charge in [-0.05, 0) is 32.6 Å². The predicted molar refractivity (Wildman–Crippen MR) is 54.1 cm³/mol. The number of hydrogen-bond acceptors (Lipinski definition) is 3. The largest absolute Gasteiger partial charge is 0.464 e. The van der Waals surface area contributed by atoms with Crippen LogP contribution in [0.15, 0.2) is 12.2 Å². The van der Waals surface area contributed by atoms with Crippen LogP contribution in [0, 0.1) is 0 Å². The second-order valence-electron chi connectivity index (χ2n) is 3.75. The van der Waals surface area contributed by atoms with E-state index in [1.807, 2.05) is 0 Å². The second kappa shape index (κ2) is 5.26. The molecule has 0 heterocycles. The molecule has 0 aliphatic heterocycles. The van der Waals surface area contributed by atoms with Gasteiger partial charge in [-0.3, -0.25) is 0 Å². The van der Waals surface area contributed by atoms with E-state index >= 15 is 0 Å². The van der Waals surface area contributed by atoms with E-state index in [1.54, 1.807) is 13.0 Å². The van der Waals surface area contributed by atoms with Gasteiger partial charge < -0.3 is 9.84 Å². The molecule has 1 aliphatic carbocycles. The van der Waals surface area contributed by atoms with Crippen LogP contribution in [-0.2, 0) is 9.53 Å². The summed E-state index contributed by atoms with van der Waals surface area (Å²) in [6.45, 7) is 1.73. The standard InChI is InChI=1S/C11H17FO3/c1-2-15-10(13)9(12)11(14)7-5-3-4-6-8-11/h5,7,9,14H,2-4,6,8H2,1H3. The molecule has 1 aliphatic rings. The zero-order chi connectivity index (χ0) is 11.3. The van der Waals surface area contributed by atoms with E-state index in [0.717, 1.165) is 12.8 Å². The van der Waals surface area contributed by atoms with Crippen LogP contribution < -0.4 is 0 Å². The molecule has 0 spiro atoms. The molecule has 0 saturated carbocycles. The summed E-state index contributed by atoms with van der Waals surface area (Å²) in [4.78, 5) is 11.2. The molecule has 2 atom stereocenters. The van der Waals surface area contributed by atoms with E-state index in [0.29, 0.717) is 6.42 Å². The first-order chi connectivity index (χ1) is 7.10. The minimum atomic E-state index is -1.98. The second-order valence-corrected chi connectivity index (χ2v) is 3.75. The SMILES string of the molecule is CCOC(=O)C(F)C1(O)C=CCCCC1. The van der Waals surface area contributed by atoms with Gasteiger partial charge in [-0.25, -0.2) is 9.18 Å². The molecule has 0 fully saturated rings. The maximum atomic E-state index is 13.7. The van der Waals surface area contributed by atoms with Crippen molar-refractivity contribution >= 4 is 5.97 Å². The Bertz CT molecular complexity index is 252. The lowest BCUT2D eigenvalue weighted by atomic mass is 9.92. The highest BCUT2D eigenvalue weighted by Crippen LogP contribution is 2.27. The maximum Gasteiger partial charge on any atom is 0.344 e. The Morgan fingerprint density at radius 3 is 3.07 bits per heavy atom. The zero-order valence-electron chi connectivity index (χ0n) is 8.91. The van der Waals surface area contributed by atoms with Gasteiger partial charge in [0, 0.05) is 0 Å². The molecule has 15 heavy (non-hydrogen) atoms. The van der Waals surface area contributed by atoms with Crippen LogP contribution in [0.4, 0.5) is 4.39 Å². The van der Waals surface area contributed by atoms with Gasteiger partial charge in [0.2, 0.25) is 6.17 Å². The third-order valence-electron chi connectivity index (χ3n) is 2.54. The van der Waals surface area contributed by atoms with Gasteiger partial charge >= 0.3 is 5.97 Å². The number of carbonyl (C=O) groups excluding carboxylic acids is 1. The van der Waals surface area contributed by atoms with Crippen molar-refractivity contribution in [3.05, 3.63) is 12.2 Å². The van der Waals surface area contributed by atoms with Crippen LogP contribution in [-0.4, -0.2) is 29.5 Å². The van der Waals surface area contributed by atoms with Gasteiger partial charge in [0.25, 0.3) is 0 Å². The highest BCUT2D eigenvalue weighted by atomic mass is 19.1. The Kier molecular flexibility index (Phi) is 4.27. The number of esters is 1. The number of rotatable bonds is 3. The number of hydrogen-bond donors (Lipinski definition) is 1. The average molecular weight is 216 g/mol. The summed E-state index contributed by atoms with van der Waals surface area (Å²) in [6, 6.07) is 0. The predicted octanol–water partition coefficient (Wildman–Crippen LogP) is 1.75. The topological polar surface area (TPSA) is 46.5 Å². The van der Waals surface area contributed by atoms with Gasteiger partial charge in [0.1, 0.15) is 5.60 Å². The lowest BCUT2D eigenvalue weighted by Crippen LogP contribution is -2.43. The Morgan fingerprint density at radius 1 is 1.67 bits per heavy atom. The highest BCUT2D eigenvalue weighted by Gasteiger charge is 2.40. The minimum Gasteiger partial charge on any atom is -0.464 e. The van der Waals surface area contributed by atoms with Crippen molar-refractivity contribution in [2.24, 2.45) is 0 Å². The maximum absolute atomic E-state index is 13.7. The molecule has 0 aromatic heterocycles. The monoisotopic (exact) mass is 216 g/mol. The van der Waals surface area contributed by atoms with E-state index in [4.69, 9.17) is 0 Å². The van der Waals surface area contributed by atoms with Crippen LogP contribution >= 0.6 is 0 Å². The summed E-state index contributed by atoms with van der Waals surface area (Å²) >= 11 is 0. The van der Waals surface area contributed by atoms with Crippen molar-refractivity contribution in [2.75, 3.05) is 6.61 Å². The van der Waals surface area contributed by atoms with E-state index in [1.165, 1.54) is 6.08 Å². The van der Waals surface area contributed by atoms with Gasteiger partial charge in [0.05, 0.1) is 6.61 Å². The fourth-order valence-corrected chi connectivity index (χ4v) is 1.67. The van der Waals surface area contributed by atoms with Crippen LogP contribution in [0.5, 0.6) is 0 Å². The first-order valence-electron chi connectivity index (χ1n) is 5.31. The van der Waals surface area contributed by atoms with Gasteiger partial charge in [0.15, 0.2) is 0 Å². The van der Waals surface area contributed by atoms with Crippen LogP contribution in [0.1, 0.15) is 32.6 Å². The molecule has 0 bridgehead atoms. The fourth-order valence-electron chi connectivity index (χ4n) is 1.67. The number of halogens is 1. The summed E-state index contributed by atoms with van der Waals surface area (Å²) in [7, 11) is 0. The number of carbonyl (C=O) groups is 1. The number of aliphatic hydroxyl groups is 1. The molecule has 1 N–H and O–H groups in total. The lowest BCUT2D eigenvalue weighted by Gasteiger charge is -2.25. The molecular weight excluding hydrogens is 199 g/mol. The smallest absolute Gasteiger partial charge is 0.344 e. The molecule has 86 valence electrons. The van der Waals surface area contributed by atoms with Crippen LogP contribution in [0.25, 0.3) is 0 Å². The van der Waals surface area contributed by atoms with E-state index in [-0.39, 0.29) is 13.0 Å². The normalized spacial score (nSPS) is 28.2. The molecule has 0 saturated heterocycles. The fraction of sp³-hybridized carbons (Fsp3) is 0.727. The van der Waals surface area contributed by atoms with Crippen LogP contribution in [0.3, 0.4) is 0 Å².